The van der Waals surface area contributed by atoms with Crippen molar-refractivity contribution in [3.8, 4) is 0 Å². The second-order valence-electron chi connectivity index (χ2n) is 7.24. The Morgan fingerprint density at radius 3 is 2.27 bits per heavy atom. The fraction of sp³-hybridized carbons (Fsp3) is 0.250. The number of allylic oxidation sites excluding steroid dienone is 1. The quantitative estimate of drug-likeness (QED) is 0.434. The molecule has 156 valence electrons. The highest BCUT2D eigenvalue weighted by molar-refractivity contribution is 6.30. The van der Waals surface area contributed by atoms with Gasteiger partial charge in [0.15, 0.2) is 0 Å². The first kappa shape index (κ1) is 22.1. The lowest BCUT2D eigenvalue weighted by Crippen LogP contribution is -2.43. The number of piperidine rings is 1. The van der Waals surface area contributed by atoms with Crippen molar-refractivity contribution in [1.82, 2.24) is 9.78 Å². The normalized spacial score (nSPS) is 18.5. The Kier molecular flexibility index (Phi) is 7.72. The second-order valence-corrected chi connectivity index (χ2v) is 8.11. The zero-order valence-corrected chi connectivity index (χ0v) is 18.4. The van der Waals surface area contributed by atoms with Gasteiger partial charge in [0.2, 0.25) is 5.91 Å². The molecule has 0 N–H and O–H groups in total. The van der Waals surface area contributed by atoms with E-state index in [0.29, 0.717) is 11.4 Å². The van der Waals surface area contributed by atoms with Gasteiger partial charge in [0, 0.05) is 29.2 Å². The molecule has 6 heteroatoms. The van der Waals surface area contributed by atoms with E-state index in [2.05, 4.69) is 11.7 Å². The van der Waals surface area contributed by atoms with E-state index in [1.807, 2.05) is 78.8 Å². The lowest BCUT2D eigenvalue weighted by molar-refractivity contribution is -0.124. The van der Waals surface area contributed by atoms with Gasteiger partial charge in [-0.25, -0.2) is 0 Å². The topological polar surface area (TPSA) is 38.1 Å². The van der Waals surface area contributed by atoms with Crippen molar-refractivity contribution in [2.24, 2.45) is 13.0 Å². The molecule has 4 nitrogen and oxygen atoms in total. The average molecular weight is 442 g/mol. The number of aromatic nitrogens is 2. The number of nitrogens with zero attached hydrogens (tertiary/aromatic N) is 3. The molecule has 0 aliphatic carbocycles. The summed E-state index contributed by atoms with van der Waals surface area (Å²) in [5, 5.41) is 5.72. The van der Waals surface area contributed by atoms with Gasteiger partial charge in [0.1, 0.15) is 0 Å². The van der Waals surface area contributed by atoms with Crippen molar-refractivity contribution in [3.63, 3.8) is 0 Å². The van der Waals surface area contributed by atoms with E-state index >= 15 is 0 Å². The van der Waals surface area contributed by atoms with Crippen LogP contribution in [-0.4, -0.2) is 15.7 Å². The van der Waals surface area contributed by atoms with Crippen molar-refractivity contribution in [2.75, 3.05) is 4.90 Å². The first-order valence-electron chi connectivity index (χ1n) is 9.88. The Morgan fingerprint density at radius 1 is 1.07 bits per heavy atom. The molecule has 3 aromatic rings. The van der Waals surface area contributed by atoms with E-state index < -0.39 is 0 Å². The number of benzene rings is 2. The first-order valence-corrected chi connectivity index (χ1v) is 10.6. The number of aryl methyl sites for hydroxylation is 1. The van der Waals surface area contributed by atoms with E-state index in [9.17, 15) is 4.79 Å². The van der Waals surface area contributed by atoms with Crippen LogP contribution >= 0.6 is 23.2 Å². The highest BCUT2D eigenvalue weighted by Gasteiger charge is 2.36. The third-order valence-electron chi connectivity index (χ3n) is 5.10. The maximum Gasteiger partial charge on any atom is 0.231 e. The molecule has 1 unspecified atom stereocenters. The summed E-state index contributed by atoms with van der Waals surface area (Å²) in [7, 11) is 1.86. The number of rotatable bonds is 4. The van der Waals surface area contributed by atoms with Crippen LogP contribution in [0, 0.1) is 5.92 Å². The van der Waals surface area contributed by atoms with Gasteiger partial charge in [-0.05, 0) is 49.1 Å². The molecule has 0 spiro atoms. The number of amides is 1. The molecule has 1 aromatic heterocycles. The Bertz CT molecular complexity index is 970. The third kappa shape index (κ3) is 5.53. The van der Waals surface area contributed by atoms with Crippen LogP contribution in [-0.2, 0) is 11.8 Å². The number of anilines is 1. The fourth-order valence-corrected chi connectivity index (χ4v) is 3.91. The monoisotopic (exact) mass is 441 g/mol. The van der Waals surface area contributed by atoms with Crippen LogP contribution in [0.15, 0.2) is 79.6 Å². The number of carbonyl (C=O) groups excluding carboxylic acids is 1. The molecule has 2 aromatic carbocycles. The summed E-state index contributed by atoms with van der Waals surface area (Å²) < 4.78 is 1.72. The number of hydrogen-bond acceptors (Lipinski definition) is 2. The molecule has 2 atom stereocenters. The molecular formula is C24H25Cl2N3O. The first-order chi connectivity index (χ1) is 14.5. The van der Waals surface area contributed by atoms with Crippen LogP contribution in [0.2, 0.25) is 10.0 Å². The number of hydrogen-bond donors (Lipinski definition) is 0. The van der Waals surface area contributed by atoms with Crippen molar-refractivity contribution < 1.29 is 4.79 Å². The molecule has 1 saturated heterocycles. The molecule has 0 bridgehead atoms. The van der Waals surface area contributed by atoms with Gasteiger partial charge in [0.25, 0.3) is 0 Å². The Labute approximate surface area is 187 Å². The van der Waals surface area contributed by atoms with E-state index in [1.54, 1.807) is 10.9 Å². The van der Waals surface area contributed by atoms with E-state index in [4.69, 9.17) is 23.2 Å². The van der Waals surface area contributed by atoms with E-state index in [1.165, 1.54) is 0 Å². The van der Waals surface area contributed by atoms with Crippen molar-refractivity contribution >= 4 is 34.8 Å². The molecule has 1 aliphatic rings. The molecule has 0 radical (unpaired) electrons. The summed E-state index contributed by atoms with van der Waals surface area (Å²) in [4.78, 5) is 14.9. The molecule has 2 heterocycles. The average Bonchev–Trinajstić information content (AvgIpc) is 3.17. The second kappa shape index (κ2) is 10.5. The minimum absolute atomic E-state index is 0.00347. The summed E-state index contributed by atoms with van der Waals surface area (Å²) in [5.74, 6) is 0.139. The lowest BCUT2D eigenvalue weighted by atomic mass is 9.86. The summed E-state index contributed by atoms with van der Waals surface area (Å²) in [5.41, 5.74) is 1.94. The zero-order chi connectivity index (χ0) is 21.5. The molecule has 1 amide bonds. The van der Waals surface area contributed by atoms with E-state index in [0.717, 1.165) is 29.1 Å². The largest absolute Gasteiger partial charge is 0.302 e. The van der Waals surface area contributed by atoms with Crippen LogP contribution in [0.3, 0.4) is 0 Å². The summed E-state index contributed by atoms with van der Waals surface area (Å²) in [6, 6.07) is 17.2. The Hall–Kier alpha value is -2.56. The van der Waals surface area contributed by atoms with Crippen LogP contribution in [0.1, 0.15) is 30.9 Å². The van der Waals surface area contributed by atoms with Gasteiger partial charge in [0.05, 0.1) is 17.9 Å². The molecule has 0 saturated carbocycles. The maximum absolute atomic E-state index is 13.0. The van der Waals surface area contributed by atoms with E-state index in [-0.39, 0.29) is 17.9 Å². The zero-order valence-electron chi connectivity index (χ0n) is 16.9. The predicted molar refractivity (Wildman–Crippen MR) is 124 cm³/mol. The van der Waals surface area contributed by atoms with Gasteiger partial charge >= 0.3 is 0 Å². The summed E-state index contributed by atoms with van der Waals surface area (Å²) in [6.07, 6.45) is 7.96. The lowest BCUT2D eigenvalue weighted by Gasteiger charge is -2.38. The third-order valence-corrected chi connectivity index (χ3v) is 5.60. The van der Waals surface area contributed by atoms with Crippen molar-refractivity contribution in [3.05, 3.63) is 95.3 Å². The van der Waals surface area contributed by atoms with Gasteiger partial charge in [-0.15, -0.1) is 6.58 Å². The van der Waals surface area contributed by atoms with Crippen LogP contribution < -0.4 is 4.90 Å². The number of carbonyl (C=O) groups is 1. The fourth-order valence-electron chi connectivity index (χ4n) is 3.64. The standard InChI is InChI=1S/C18H20ClN3O.C6H5Cl/c1-3-4-14-7-10-17(13-5-8-15(19)9-6-13)22(18(14)23)16-11-20-21(2)12-16;7-6-4-2-1-3-5-6/h3,5-6,8-9,11-12,14,17H,1,4,7,10H2,2H3;1-5H/t14?,17-;/m0./s1. The van der Waals surface area contributed by atoms with Crippen molar-refractivity contribution in [1.29, 1.82) is 0 Å². The molecule has 1 aliphatic heterocycles. The Balaban J connectivity index is 0.000000310. The molecular weight excluding hydrogens is 417 g/mol. The summed E-state index contributed by atoms with van der Waals surface area (Å²) >= 11 is 11.5. The minimum Gasteiger partial charge on any atom is -0.302 e. The summed E-state index contributed by atoms with van der Waals surface area (Å²) in [6.45, 7) is 3.78. The van der Waals surface area contributed by atoms with Gasteiger partial charge < -0.3 is 4.90 Å². The number of halogens is 2. The molecule has 30 heavy (non-hydrogen) atoms. The molecule has 4 rings (SSSR count). The SMILES string of the molecule is C=CCC1CC[C@@H](c2ccc(Cl)cc2)N(c2cnn(C)c2)C1=O.Clc1ccccc1. The highest BCUT2D eigenvalue weighted by Crippen LogP contribution is 2.39. The van der Waals surface area contributed by atoms with Crippen LogP contribution in [0.4, 0.5) is 5.69 Å². The van der Waals surface area contributed by atoms with Crippen molar-refractivity contribution in [2.45, 2.75) is 25.3 Å². The highest BCUT2D eigenvalue weighted by atomic mass is 35.5. The Morgan fingerprint density at radius 2 is 1.73 bits per heavy atom. The van der Waals surface area contributed by atoms with Gasteiger partial charge in [-0.3, -0.25) is 9.48 Å². The smallest absolute Gasteiger partial charge is 0.231 e. The maximum atomic E-state index is 13.0. The van der Waals surface area contributed by atoms with Gasteiger partial charge in [-0.1, -0.05) is 59.6 Å². The van der Waals surface area contributed by atoms with Crippen LogP contribution in [0.5, 0.6) is 0 Å². The molecule has 1 fully saturated rings. The van der Waals surface area contributed by atoms with Gasteiger partial charge in [-0.2, -0.15) is 5.10 Å². The van der Waals surface area contributed by atoms with Crippen LogP contribution in [0.25, 0.3) is 0 Å². The minimum atomic E-state index is -0.00347. The predicted octanol–water partition coefficient (Wildman–Crippen LogP) is 6.47.